The fraction of sp³-hybridized carbons (Fsp3) is 0.227. The second-order valence-corrected chi connectivity index (χ2v) is 9.71. The van der Waals surface area contributed by atoms with Crippen molar-refractivity contribution >= 4 is 20.6 Å². The fourth-order valence-corrected chi connectivity index (χ4v) is 4.33. The normalized spacial score (nSPS) is 11.7. The predicted octanol–water partition coefficient (Wildman–Crippen LogP) is 2.55. The van der Waals surface area contributed by atoms with E-state index in [1.54, 1.807) is 36.3 Å². The first-order chi connectivity index (χ1) is 14.7. The number of benzene rings is 1. The first-order valence-corrected chi connectivity index (χ1v) is 11.6. The van der Waals surface area contributed by atoms with Gasteiger partial charge in [-0.25, -0.2) is 8.42 Å². The summed E-state index contributed by atoms with van der Waals surface area (Å²) in [5, 5.41) is 5.51. The SMILES string of the molecule is COc1cnc(CS(C)(=O)=O)cc1-c1cn(C)c(=O)c2ccc(-c3cnn(C)c3)cc12. The molecule has 3 heterocycles. The molecule has 0 unspecified atom stereocenters. The summed E-state index contributed by atoms with van der Waals surface area (Å²) in [6, 6.07) is 7.34. The second-order valence-electron chi connectivity index (χ2n) is 7.57. The highest BCUT2D eigenvalue weighted by molar-refractivity contribution is 7.89. The number of pyridine rings is 2. The van der Waals surface area contributed by atoms with Crippen molar-refractivity contribution in [3.63, 3.8) is 0 Å². The molecule has 3 aromatic heterocycles. The van der Waals surface area contributed by atoms with E-state index < -0.39 is 9.84 Å². The Morgan fingerprint density at radius 2 is 1.77 bits per heavy atom. The maximum Gasteiger partial charge on any atom is 0.258 e. The summed E-state index contributed by atoms with van der Waals surface area (Å²) in [5.74, 6) is 0.304. The van der Waals surface area contributed by atoms with Crippen LogP contribution in [0.3, 0.4) is 0 Å². The molecule has 0 aliphatic rings. The number of ether oxygens (including phenoxy) is 1. The molecule has 9 heteroatoms. The highest BCUT2D eigenvalue weighted by Gasteiger charge is 2.17. The van der Waals surface area contributed by atoms with E-state index in [-0.39, 0.29) is 11.3 Å². The van der Waals surface area contributed by atoms with Crippen LogP contribution in [-0.2, 0) is 29.7 Å². The maximum atomic E-state index is 12.8. The first kappa shape index (κ1) is 20.8. The molecule has 4 rings (SSSR count). The summed E-state index contributed by atoms with van der Waals surface area (Å²) < 4.78 is 32.3. The van der Waals surface area contributed by atoms with E-state index in [0.717, 1.165) is 22.1 Å². The Bertz CT molecular complexity index is 1470. The topological polar surface area (TPSA) is 96.1 Å². The van der Waals surface area contributed by atoms with Gasteiger partial charge in [-0.1, -0.05) is 6.07 Å². The molecule has 8 nitrogen and oxygen atoms in total. The van der Waals surface area contributed by atoms with E-state index >= 15 is 0 Å². The zero-order valence-electron chi connectivity index (χ0n) is 17.7. The van der Waals surface area contributed by atoms with Gasteiger partial charge in [-0.3, -0.25) is 14.5 Å². The standard InChI is InChI=1S/C22H22N4O4S/c1-25-12-20(19-8-16(13-31(4,28)29)23-10-21(19)30-3)18-7-14(5-6-17(18)22(25)27)15-9-24-26(2)11-15/h5-12H,13H2,1-4H3. The Morgan fingerprint density at radius 3 is 2.42 bits per heavy atom. The summed E-state index contributed by atoms with van der Waals surface area (Å²) in [5.41, 5.74) is 3.54. The van der Waals surface area contributed by atoms with E-state index in [4.69, 9.17) is 4.74 Å². The molecule has 0 atom stereocenters. The van der Waals surface area contributed by atoms with Gasteiger partial charge in [0.05, 0.1) is 31.0 Å². The molecule has 0 aliphatic carbocycles. The first-order valence-electron chi connectivity index (χ1n) is 9.49. The van der Waals surface area contributed by atoms with Gasteiger partial charge >= 0.3 is 0 Å². The van der Waals surface area contributed by atoms with E-state index in [1.165, 1.54) is 24.1 Å². The molecule has 0 saturated carbocycles. The average Bonchev–Trinajstić information content (AvgIpc) is 3.15. The number of sulfone groups is 1. The van der Waals surface area contributed by atoms with Crippen molar-refractivity contribution in [2.75, 3.05) is 13.4 Å². The van der Waals surface area contributed by atoms with Crippen molar-refractivity contribution in [3.05, 3.63) is 65.1 Å². The van der Waals surface area contributed by atoms with E-state index in [0.29, 0.717) is 22.4 Å². The number of rotatable bonds is 5. The van der Waals surface area contributed by atoms with Crippen LogP contribution >= 0.6 is 0 Å². The fourth-order valence-electron chi connectivity index (χ4n) is 3.64. The van der Waals surface area contributed by atoms with Gasteiger partial charge in [0.25, 0.3) is 5.56 Å². The maximum absolute atomic E-state index is 12.8. The lowest BCUT2D eigenvalue weighted by atomic mass is 9.97. The molecule has 0 amide bonds. The second kappa shape index (κ2) is 7.66. The van der Waals surface area contributed by atoms with Gasteiger partial charge < -0.3 is 9.30 Å². The lowest BCUT2D eigenvalue weighted by Gasteiger charge is -2.14. The predicted molar refractivity (Wildman–Crippen MR) is 120 cm³/mol. The highest BCUT2D eigenvalue weighted by Crippen LogP contribution is 2.36. The number of methoxy groups -OCH3 is 1. The van der Waals surface area contributed by atoms with Gasteiger partial charge in [0.15, 0.2) is 9.84 Å². The number of nitrogens with zero attached hydrogens (tertiary/aromatic N) is 4. The van der Waals surface area contributed by atoms with Crippen LogP contribution in [0.4, 0.5) is 0 Å². The number of hydrogen-bond donors (Lipinski definition) is 0. The van der Waals surface area contributed by atoms with E-state index in [2.05, 4.69) is 10.1 Å². The molecule has 31 heavy (non-hydrogen) atoms. The van der Waals surface area contributed by atoms with Crippen molar-refractivity contribution in [1.82, 2.24) is 19.3 Å². The van der Waals surface area contributed by atoms with Gasteiger partial charge in [-0.2, -0.15) is 5.10 Å². The summed E-state index contributed by atoms with van der Waals surface area (Å²) in [6.07, 6.45) is 8.08. The van der Waals surface area contributed by atoms with E-state index in [9.17, 15) is 13.2 Å². The number of aromatic nitrogens is 4. The van der Waals surface area contributed by atoms with Gasteiger partial charge in [-0.15, -0.1) is 0 Å². The molecule has 0 N–H and O–H groups in total. The summed E-state index contributed by atoms with van der Waals surface area (Å²) >= 11 is 0. The summed E-state index contributed by atoms with van der Waals surface area (Å²) in [7, 11) is 1.80. The van der Waals surface area contributed by atoms with Gasteiger partial charge in [0.2, 0.25) is 0 Å². The number of fused-ring (bicyclic) bond motifs is 1. The van der Waals surface area contributed by atoms with E-state index in [1.807, 2.05) is 25.4 Å². The monoisotopic (exact) mass is 438 g/mol. The molecule has 0 radical (unpaired) electrons. The van der Waals surface area contributed by atoms with Gasteiger partial charge in [0.1, 0.15) is 5.75 Å². The molecule has 0 aliphatic heterocycles. The molecule has 4 aromatic rings. The average molecular weight is 439 g/mol. The van der Waals surface area contributed by atoms with Crippen molar-refractivity contribution in [2.45, 2.75) is 5.75 Å². The quantitative estimate of drug-likeness (QED) is 0.475. The van der Waals surface area contributed by atoms with Gasteiger partial charge in [-0.05, 0) is 29.1 Å². The minimum atomic E-state index is -3.26. The van der Waals surface area contributed by atoms with Crippen molar-refractivity contribution in [3.8, 4) is 28.0 Å². The minimum Gasteiger partial charge on any atom is -0.494 e. The van der Waals surface area contributed by atoms with Crippen LogP contribution in [0.2, 0.25) is 0 Å². The van der Waals surface area contributed by atoms with Crippen molar-refractivity contribution < 1.29 is 13.2 Å². The molecule has 0 bridgehead atoms. The third-order valence-electron chi connectivity index (χ3n) is 5.07. The minimum absolute atomic E-state index is 0.124. The number of aryl methyl sites for hydroxylation is 2. The molecular weight excluding hydrogens is 416 g/mol. The lowest BCUT2D eigenvalue weighted by molar-refractivity contribution is 0.414. The molecule has 0 saturated heterocycles. The molecule has 1 aromatic carbocycles. The third-order valence-corrected chi connectivity index (χ3v) is 5.89. The zero-order valence-corrected chi connectivity index (χ0v) is 18.5. The molecule has 0 fully saturated rings. The van der Waals surface area contributed by atoms with Crippen LogP contribution in [0.1, 0.15) is 5.69 Å². The van der Waals surface area contributed by atoms with Crippen molar-refractivity contribution in [1.29, 1.82) is 0 Å². The van der Waals surface area contributed by atoms with Crippen LogP contribution in [0.25, 0.3) is 33.0 Å². The Hall–Kier alpha value is -3.46. The van der Waals surface area contributed by atoms with Gasteiger partial charge in [0, 0.05) is 54.8 Å². The number of hydrogen-bond acceptors (Lipinski definition) is 6. The third kappa shape index (κ3) is 4.09. The summed E-state index contributed by atoms with van der Waals surface area (Å²) in [4.78, 5) is 17.0. The Morgan fingerprint density at radius 1 is 1.00 bits per heavy atom. The molecular formula is C22H22N4O4S. The Labute approximate surface area is 179 Å². The highest BCUT2D eigenvalue weighted by atomic mass is 32.2. The Balaban J connectivity index is 2.01. The molecule has 160 valence electrons. The van der Waals surface area contributed by atoms with Crippen LogP contribution in [0, 0.1) is 0 Å². The Kier molecular flexibility index (Phi) is 5.14. The summed E-state index contributed by atoms with van der Waals surface area (Å²) in [6.45, 7) is 0. The van der Waals surface area contributed by atoms with Crippen LogP contribution in [0.15, 0.2) is 53.8 Å². The lowest BCUT2D eigenvalue weighted by Crippen LogP contribution is -2.16. The smallest absolute Gasteiger partial charge is 0.258 e. The van der Waals surface area contributed by atoms with Crippen LogP contribution in [-0.4, -0.2) is 41.1 Å². The largest absolute Gasteiger partial charge is 0.494 e. The molecule has 0 spiro atoms. The van der Waals surface area contributed by atoms with Crippen LogP contribution in [0.5, 0.6) is 5.75 Å². The zero-order chi connectivity index (χ0) is 22.3. The van der Waals surface area contributed by atoms with Crippen molar-refractivity contribution in [2.24, 2.45) is 14.1 Å². The van der Waals surface area contributed by atoms with Crippen LogP contribution < -0.4 is 10.3 Å².